The molecule has 0 spiro atoms. The van der Waals surface area contributed by atoms with Crippen molar-refractivity contribution in [1.82, 2.24) is 15.1 Å². The molecular weight excluding hydrogens is 493 g/mol. The SMILES string of the molecule is CC1CCc2cc(N(Cc3ccc(-c4nnc(C(F)F)o4)cc3F)C(=O)N3CCS(=O)CC3)ccc21. The molecule has 0 N–H and O–H groups in total. The molecule has 1 aromatic heterocycles. The van der Waals surface area contributed by atoms with Gasteiger partial charge in [-0.15, -0.1) is 10.2 Å². The van der Waals surface area contributed by atoms with Crippen LogP contribution in [0.3, 0.4) is 0 Å². The Kier molecular flexibility index (Phi) is 6.83. The smallest absolute Gasteiger partial charge is 0.324 e. The zero-order chi connectivity index (χ0) is 25.4. The summed E-state index contributed by atoms with van der Waals surface area (Å²) in [6.07, 6.45) is -0.954. The van der Waals surface area contributed by atoms with Crippen LogP contribution in [0, 0.1) is 5.82 Å². The van der Waals surface area contributed by atoms with Gasteiger partial charge in [0.1, 0.15) is 5.82 Å². The number of benzene rings is 2. The summed E-state index contributed by atoms with van der Waals surface area (Å²) >= 11 is 0. The first-order chi connectivity index (χ1) is 17.3. The molecule has 1 atom stereocenters. The lowest BCUT2D eigenvalue weighted by Crippen LogP contribution is -2.48. The molecule has 2 aliphatic rings. The Morgan fingerprint density at radius 2 is 1.97 bits per heavy atom. The van der Waals surface area contributed by atoms with Crippen molar-refractivity contribution in [3.05, 3.63) is 64.8 Å². The highest BCUT2D eigenvalue weighted by molar-refractivity contribution is 7.85. The molecule has 190 valence electrons. The van der Waals surface area contributed by atoms with E-state index < -0.39 is 28.9 Å². The number of alkyl halides is 2. The second kappa shape index (κ2) is 10.0. The van der Waals surface area contributed by atoms with E-state index >= 15 is 4.39 Å². The van der Waals surface area contributed by atoms with E-state index in [9.17, 15) is 17.8 Å². The molecule has 1 saturated heterocycles. The van der Waals surface area contributed by atoms with Gasteiger partial charge in [-0.05, 0) is 54.2 Å². The van der Waals surface area contributed by atoms with E-state index in [2.05, 4.69) is 17.1 Å². The number of anilines is 1. The number of amides is 2. The monoisotopic (exact) mass is 518 g/mol. The van der Waals surface area contributed by atoms with Crippen molar-refractivity contribution in [2.24, 2.45) is 0 Å². The highest BCUT2D eigenvalue weighted by Gasteiger charge is 2.28. The Morgan fingerprint density at radius 3 is 2.67 bits per heavy atom. The largest absolute Gasteiger partial charge is 0.415 e. The summed E-state index contributed by atoms with van der Waals surface area (Å²) in [5.74, 6) is -0.394. The van der Waals surface area contributed by atoms with Crippen molar-refractivity contribution in [1.29, 1.82) is 0 Å². The molecule has 11 heteroatoms. The number of aromatic nitrogens is 2. The van der Waals surface area contributed by atoms with Gasteiger partial charge in [-0.3, -0.25) is 9.11 Å². The predicted octanol–water partition coefficient (Wildman–Crippen LogP) is 5.05. The molecule has 3 aromatic rings. The third kappa shape index (κ3) is 4.88. The molecule has 1 aliphatic carbocycles. The molecule has 0 radical (unpaired) electrons. The fraction of sp³-hybridized carbons (Fsp3) is 0.400. The van der Waals surface area contributed by atoms with Crippen LogP contribution in [0.15, 0.2) is 40.8 Å². The van der Waals surface area contributed by atoms with E-state index in [0.29, 0.717) is 36.2 Å². The maximum atomic E-state index is 15.2. The fourth-order valence-electron chi connectivity index (χ4n) is 4.67. The topological polar surface area (TPSA) is 79.5 Å². The van der Waals surface area contributed by atoms with E-state index in [1.54, 1.807) is 4.90 Å². The first-order valence-corrected chi connectivity index (χ1v) is 13.2. The van der Waals surface area contributed by atoms with Crippen LogP contribution in [0.4, 0.5) is 23.7 Å². The summed E-state index contributed by atoms with van der Waals surface area (Å²) in [5, 5.41) is 6.84. The lowest BCUT2D eigenvalue weighted by Gasteiger charge is -2.33. The molecule has 7 nitrogen and oxygen atoms in total. The highest BCUT2D eigenvalue weighted by atomic mass is 32.2. The van der Waals surface area contributed by atoms with Gasteiger partial charge in [0.2, 0.25) is 5.89 Å². The van der Waals surface area contributed by atoms with Crippen molar-refractivity contribution in [2.45, 2.75) is 38.7 Å². The van der Waals surface area contributed by atoms with E-state index in [-0.39, 0.29) is 29.6 Å². The molecule has 5 rings (SSSR count). The Labute approximate surface area is 208 Å². The number of halogens is 3. The highest BCUT2D eigenvalue weighted by Crippen LogP contribution is 2.36. The van der Waals surface area contributed by atoms with Gasteiger partial charge in [0, 0.05) is 52.2 Å². The van der Waals surface area contributed by atoms with Gasteiger partial charge < -0.3 is 9.32 Å². The normalized spacial score (nSPS) is 18.0. The molecule has 2 aromatic carbocycles. The molecule has 1 fully saturated rings. The lowest BCUT2D eigenvalue weighted by molar-refractivity contribution is 0.116. The van der Waals surface area contributed by atoms with Crippen LogP contribution in [-0.2, 0) is 23.8 Å². The summed E-state index contributed by atoms with van der Waals surface area (Å²) in [6, 6.07) is 9.75. The number of nitrogens with zero attached hydrogens (tertiary/aromatic N) is 4. The van der Waals surface area contributed by atoms with E-state index in [0.717, 1.165) is 18.9 Å². The number of carbonyl (C=O) groups is 1. The first-order valence-electron chi connectivity index (χ1n) is 11.7. The standard InChI is InChI=1S/C25H25F3N4O3S/c1-15-2-3-16-12-19(6-7-20(15)16)32(25(33)31-8-10-36(34)11-9-31)14-18-5-4-17(13-21(18)26)23-29-30-24(35-23)22(27)28/h4-7,12-13,15,22H,2-3,8-11,14H2,1H3. The number of urea groups is 1. The Balaban J connectivity index is 1.44. The average Bonchev–Trinajstić information content (AvgIpc) is 3.51. The zero-order valence-electron chi connectivity index (χ0n) is 19.6. The van der Waals surface area contributed by atoms with Crippen molar-refractivity contribution in [3.63, 3.8) is 0 Å². The van der Waals surface area contributed by atoms with Crippen LogP contribution in [0.25, 0.3) is 11.5 Å². The fourth-order valence-corrected chi connectivity index (χ4v) is 5.72. The molecule has 0 bridgehead atoms. The third-order valence-corrected chi connectivity index (χ3v) is 8.03. The number of rotatable bonds is 5. The van der Waals surface area contributed by atoms with Gasteiger partial charge in [-0.25, -0.2) is 9.18 Å². The molecular formula is C25H25F3N4O3S. The van der Waals surface area contributed by atoms with Crippen LogP contribution in [0.1, 0.15) is 48.3 Å². The average molecular weight is 519 g/mol. The first kappa shape index (κ1) is 24.5. The van der Waals surface area contributed by atoms with Crippen LogP contribution in [0.2, 0.25) is 0 Å². The Bertz CT molecular complexity index is 1310. The quantitative estimate of drug-likeness (QED) is 0.472. The molecule has 2 amide bonds. The van der Waals surface area contributed by atoms with Crippen LogP contribution >= 0.6 is 0 Å². The molecule has 36 heavy (non-hydrogen) atoms. The van der Waals surface area contributed by atoms with Crippen molar-refractivity contribution >= 4 is 22.5 Å². The molecule has 1 aliphatic heterocycles. The summed E-state index contributed by atoms with van der Waals surface area (Å²) in [7, 11) is -0.942. The zero-order valence-corrected chi connectivity index (χ0v) is 20.4. The minimum atomic E-state index is -2.92. The van der Waals surface area contributed by atoms with Gasteiger partial charge >= 0.3 is 12.5 Å². The molecule has 2 heterocycles. The third-order valence-electron chi connectivity index (χ3n) is 6.75. The molecule has 1 unspecified atom stereocenters. The molecule has 0 saturated carbocycles. The van der Waals surface area contributed by atoms with E-state index in [1.807, 2.05) is 18.2 Å². The predicted molar refractivity (Wildman–Crippen MR) is 129 cm³/mol. The Morgan fingerprint density at radius 1 is 1.19 bits per heavy atom. The van der Waals surface area contributed by atoms with Gasteiger partial charge in [-0.2, -0.15) is 8.78 Å². The van der Waals surface area contributed by atoms with Crippen LogP contribution < -0.4 is 4.90 Å². The number of aryl methyl sites for hydroxylation is 1. The summed E-state index contributed by atoms with van der Waals surface area (Å²) in [5.41, 5.74) is 3.52. The maximum Gasteiger partial charge on any atom is 0.324 e. The van der Waals surface area contributed by atoms with Gasteiger partial charge in [0.15, 0.2) is 0 Å². The number of hydrogen-bond donors (Lipinski definition) is 0. The minimum Gasteiger partial charge on any atom is -0.415 e. The second-order valence-corrected chi connectivity index (χ2v) is 10.8. The minimum absolute atomic E-state index is 0.0367. The van der Waals surface area contributed by atoms with Crippen molar-refractivity contribution < 1.29 is 26.6 Å². The van der Waals surface area contributed by atoms with E-state index in [4.69, 9.17) is 4.42 Å². The van der Waals surface area contributed by atoms with Crippen molar-refractivity contribution in [3.8, 4) is 11.5 Å². The van der Waals surface area contributed by atoms with Gasteiger partial charge in [-0.1, -0.05) is 19.1 Å². The van der Waals surface area contributed by atoms with Gasteiger partial charge in [0.05, 0.1) is 6.54 Å². The number of carbonyl (C=O) groups excluding carboxylic acids is 1. The van der Waals surface area contributed by atoms with Crippen LogP contribution in [-0.4, -0.2) is 49.9 Å². The maximum absolute atomic E-state index is 15.2. The summed E-state index contributed by atoms with van der Waals surface area (Å²) < 4.78 is 57.4. The second-order valence-electron chi connectivity index (χ2n) is 9.08. The van der Waals surface area contributed by atoms with Gasteiger partial charge in [0.25, 0.3) is 5.89 Å². The van der Waals surface area contributed by atoms with Crippen LogP contribution in [0.5, 0.6) is 0 Å². The Hall–Kier alpha value is -3.21. The lowest BCUT2D eigenvalue weighted by atomic mass is 10.0. The number of fused-ring (bicyclic) bond motifs is 1. The number of hydrogen-bond acceptors (Lipinski definition) is 5. The van der Waals surface area contributed by atoms with Crippen molar-refractivity contribution in [2.75, 3.05) is 29.5 Å². The summed E-state index contributed by atoms with van der Waals surface area (Å²) in [6.45, 7) is 2.88. The summed E-state index contributed by atoms with van der Waals surface area (Å²) in [4.78, 5) is 16.8. The van der Waals surface area contributed by atoms with E-state index in [1.165, 1.54) is 28.2 Å².